The minimum absolute atomic E-state index is 0.00867. The first kappa shape index (κ1) is 12.3. The maximum atomic E-state index is 11.8. The summed E-state index contributed by atoms with van der Waals surface area (Å²) >= 11 is 0. The number of nitrogens with one attached hydrogen (secondary N) is 1. The summed E-state index contributed by atoms with van der Waals surface area (Å²) in [5.74, 6) is 1.41. The third-order valence-electron chi connectivity index (χ3n) is 3.37. The van der Waals surface area contributed by atoms with Gasteiger partial charge in [0.25, 0.3) is 0 Å². The van der Waals surface area contributed by atoms with Crippen molar-refractivity contribution in [1.29, 1.82) is 0 Å². The lowest BCUT2D eigenvalue weighted by Crippen LogP contribution is -2.15. The van der Waals surface area contributed by atoms with E-state index in [-0.39, 0.29) is 18.8 Å². The Morgan fingerprint density at radius 1 is 1.32 bits per heavy atom. The van der Waals surface area contributed by atoms with Crippen molar-refractivity contribution in [2.75, 3.05) is 18.7 Å². The van der Waals surface area contributed by atoms with Gasteiger partial charge in [0.1, 0.15) is 0 Å². The highest BCUT2D eigenvalue weighted by atomic mass is 16.7. The summed E-state index contributed by atoms with van der Waals surface area (Å²) in [6, 6.07) is 5.40. The maximum Gasteiger partial charge on any atom is 0.231 e. The summed E-state index contributed by atoms with van der Waals surface area (Å²) in [4.78, 5) is 11.8. The van der Waals surface area contributed by atoms with E-state index < -0.39 is 0 Å². The van der Waals surface area contributed by atoms with Crippen molar-refractivity contribution < 1.29 is 19.0 Å². The smallest absolute Gasteiger partial charge is 0.231 e. The summed E-state index contributed by atoms with van der Waals surface area (Å²) in [6.07, 6.45) is 3.70. The number of carbonyl (C=O) groups excluding carboxylic acids is 1. The zero-order valence-corrected chi connectivity index (χ0v) is 10.7. The highest BCUT2D eigenvalue weighted by Gasteiger charge is 2.17. The minimum Gasteiger partial charge on any atom is -0.454 e. The molecular weight excluding hydrogens is 246 g/mol. The summed E-state index contributed by atoms with van der Waals surface area (Å²) in [7, 11) is 0. The average molecular weight is 263 g/mol. The van der Waals surface area contributed by atoms with E-state index in [1.165, 1.54) is 0 Å². The molecule has 102 valence electrons. The van der Waals surface area contributed by atoms with E-state index in [9.17, 15) is 4.79 Å². The summed E-state index contributed by atoms with van der Waals surface area (Å²) in [5, 5.41) is 2.87. The first-order valence-corrected chi connectivity index (χ1v) is 6.62. The second-order valence-corrected chi connectivity index (χ2v) is 4.79. The molecule has 0 saturated carbocycles. The van der Waals surface area contributed by atoms with Gasteiger partial charge in [-0.25, -0.2) is 0 Å². The Bertz CT molecular complexity index is 469. The Labute approximate surface area is 111 Å². The van der Waals surface area contributed by atoms with Gasteiger partial charge >= 0.3 is 0 Å². The summed E-state index contributed by atoms with van der Waals surface area (Å²) < 4.78 is 16.0. The minimum atomic E-state index is 0.00867. The van der Waals surface area contributed by atoms with E-state index in [2.05, 4.69) is 5.32 Å². The Morgan fingerprint density at radius 2 is 2.21 bits per heavy atom. The number of hydrogen-bond donors (Lipinski definition) is 1. The molecule has 2 aliphatic rings. The average Bonchev–Trinajstić information content (AvgIpc) is 3.07. The Balaban J connectivity index is 1.51. The summed E-state index contributed by atoms with van der Waals surface area (Å²) in [6.45, 7) is 1.07. The molecule has 1 aromatic carbocycles. The molecule has 1 atom stereocenters. The number of carbonyl (C=O) groups is 1. The third kappa shape index (κ3) is 2.98. The molecule has 2 heterocycles. The van der Waals surface area contributed by atoms with Crippen molar-refractivity contribution in [2.45, 2.75) is 31.8 Å². The number of anilines is 1. The normalized spacial score (nSPS) is 20.5. The van der Waals surface area contributed by atoms with Gasteiger partial charge in [0, 0.05) is 24.8 Å². The van der Waals surface area contributed by atoms with Crippen LogP contribution in [0.2, 0.25) is 0 Å². The van der Waals surface area contributed by atoms with Gasteiger partial charge < -0.3 is 19.5 Å². The van der Waals surface area contributed by atoms with Crippen LogP contribution in [0.15, 0.2) is 18.2 Å². The molecule has 19 heavy (non-hydrogen) atoms. The van der Waals surface area contributed by atoms with E-state index in [4.69, 9.17) is 14.2 Å². The highest BCUT2D eigenvalue weighted by molar-refractivity contribution is 5.91. The molecule has 0 aliphatic carbocycles. The van der Waals surface area contributed by atoms with Crippen LogP contribution in [0, 0.1) is 0 Å². The number of hydrogen-bond acceptors (Lipinski definition) is 4. The van der Waals surface area contributed by atoms with Gasteiger partial charge in [-0.15, -0.1) is 0 Å². The van der Waals surface area contributed by atoms with Crippen LogP contribution in [0.5, 0.6) is 11.5 Å². The zero-order valence-electron chi connectivity index (χ0n) is 10.7. The number of ether oxygens (including phenoxy) is 3. The van der Waals surface area contributed by atoms with Crippen molar-refractivity contribution >= 4 is 11.6 Å². The van der Waals surface area contributed by atoms with Gasteiger partial charge in [-0.1, -0.05) is 0 Å². The van der Waals surface area contributed by atoms with E-state index in [1.807, 2.05) is 6.07 Å². The molecule has 1 saturated heterocycles. The van der Waals surface area contributed by atoms with Crippen LogP contribution in [0.3, 0.4) is 0 Å². The van der Waals surface area contributed by atoms with Crippen molar-refractivity contribution in [2.24, 2.45) is 0 Å². The van der Waals surface area contributed by atoms with Gasteiger partial charge in [-0.2, -0.15) is 0 Å². The molecule has 5 nitrogen and oxygen atoms in total. The van der Waals surface area contributed by atoms with E-state index in [1.54, 1.807) is 12.1 Å². The van der Waals surface area contributed by atoms with Gasteiger partial charge in [0.05, 0.1) is 6.10 Å². The molecular formula is C14H17NO4. The first-order chi connectivity index (χ1) is 9.31. The molecule has 0 aromatic heterocycles. The maximum absolute atomic E-state index is 11.8. The van der Waals surface area contributed by atoms with Crippen molar-refractivity contribution in [3.8, 4) is 11.5 Å². The van der Waals surface area contributed by atoms with Gasteiger partial charge in [-0.3, -0.25) is 4.79 Å². The van der Waals surface area contributed by atoms with Crippen molar-refractivity contribution in [1.82, 2.24) is 0 Å². The molecule has 1 N–H and O–H groups in total. The lowest BCUT2D eigenvalue weighted by Gasteiger charge is -2.09. The van der Waals surface area contributed by atoms with Crippen LogP contribution in [-0.2, 0) is 9.53 Å². The van der Waals surface area contributed by atoms with Crippen LogP contribution in [-0.4, -0.2) is 25.4 Å². The second kappa shape index (κ2) is 5.48. The molecule has 3 rings (SSSR count). The van der Waals surface area contributed by atoms with E-state index in [0.717, 1.165) is 37.3 Å². The molecule has 5 heteroatoms. The topological polar surface area (TPSA) is 56.8 Å². The SMILES string of the molecule is O=C(CCC1CCCO1)Nc1ccc2c(c1)OCO2. The lowest BCUT2D eigenvalue weighted by atomic mass is 10.1. The van der Waals surface area contributed by atoms with E-state index >= 15 is 0 Å². The van der Waals surface area contributed by atoms with Crippen LogP contribution < -0.4 is 14.8 Å². The predicted molar refractivity (Wildman–Crippen MR) is 69.4 cm³/mol. The van der Waals surface area contributed by atoms with Gasteiger partial charge in [0.2, 0.25) is 12.7 Å². The Hall–Kier alpha value is -1.75. The lowest BCUT2D eigenvalue weighted by molar-refractivity contribution is -0.116. The van der Waals surface area contributed by atoms with Crippen molar-refractivity contribution in [3.63, 3.8) is 0 Å². The van der Waals surface area contributed by atoms with Crippen molar-refractivity contribution in [3.05, 3.63) is 18.2 Å². The third-order valence-corrected chi connectivity index (χ3v) is 3.37. The van der Waals surface area contributed by atoms with Crippen LogP contribution >= 0.6 is 0 Å². The summed E-state index contributed by atoms with van der Waals surface area (Å²) in [5.41, 5.74) is 0.738. The quantitative estimate of drug-likeness (QED) is 0.905. The number of rotatable bonds is 4. The highest BCUT2D eigenvalue weighted by Crippen LogP contribution is 2.34. The molecule has 1 amide bonds. The number of amides is 1. The van der Waals surface area contributed by atoms with Gasteiger partial charge in [-0.05, 0) is 31.4 Å². The molecule has 1 unspecified atom stereocenters. The van der Waals surface area contributed by atoms with Crippen LogP contribution in [0.25, 0.3) is 0 Å². The number of benzene rings is 1. The second-order valence-electron chi connectivity index (χ2n) is 4.79. The van der Waals surface area contributed by atoms with Gasteiger partial charge in [0.15, 0.2) is 11.5 Å². The van der Waals surface area contributed by atoms with Crippen LogP contribution in [0.4, 0.5) is 5.69 Å². The Morgan fingerprint density at radius 3 is 3.05 bits per heavy atom. The standard InChI is InChI=1S/C14H17NO4/c16-14(6-4-11-2-1-7-17-11)15-10-3-5-12-13(8-10)19-9-18-12/h3,5,8,11H,1-2,4,6-7,9H2,(H,15,16). The Kier molecular flexibility index (Phi) is 3.55. The monoisotopic (exact) mass is 263 g/mol. The fourth-order valence-electron chi connectivity index (χ4n) is 2.36. The van der Waals surface area contributed by atoms with Crippen LogP contribution in [0.1, 0.15) is 25.7 Å². The fraction of sp³-hybridized carbons (Fsp3) is 0.500. The molecule has 0 radical (unpaired) electrons. The first-order valence-electron chi connectivity index (χ1n) is 6.62. The predicted octanol–water partition coefficient (Wildman–Crippen LogP) is 2.31. The molecule has 1 aromatic rings. The zero-order chi connectivity index (χ0) is 13.1. The fourth-order valence-corrected chi connectivity index (χ4v) is 2.36. The molecule has 0 spiro atoms. The molecule has 0 bridgehead atoms. The number of fused-ring (bicyclic) bond motifs is 1. The largest absolute Gasteiger partial charge is 0.454 e. The molecule has 1 fully saturated rings. The van der Waals surface area contributed by atoms with E-state index in [0.29, 0.717) is 12.2 Å². The molecule has 2 aliphatic heterocycles.